The zero-order valence-electron chi connectivity index (χ0n) is 13.6. The maximum absolute atomic E-state index is 4.59. The molecular formula is C17H21Br2N3. The van der Waals surface area contributed by atoms with Gasteiger partial charge in [0.15, 0.2) is 0 Å². The molecule has 118 valence electrons. The summed E-state index contributed by atoms with van der Waals surface area (Å²) < 4.78 is 2.10. The Morgan fingerprint density at radius 2 is 1.50 bits per heavy atom. The van der Waals surface area contributed by atoms with Gasteiger partial charge in [-0.3, -0.25) is 0 Å². The Morgan fingerprint density at radius 3 is 1.91 bits per heavy atom. The maximum Gasteiger partial charge on any atom is 0.230 e. The third-order valence-corrected chi connectivity index (χ3v) is 4.71. The smallest absolute Gasteiger partial charge is 0.230 e. The van der Waals surface area contributed by atoms with E-state index >= 15 is 0 Å². The molecule has 0 radical (unpaired) electrons. The quantitative estimate of drug-likeness (QED) is 0.609. The van der Waals surface area contributed by atoms with Crippen molar-refractivity contribution in [2.45, 2.75) is 40.5 Å². The lowest BCUT2D eigenvalue weighted by Crippen LogP contribution is -2.20. The van der Waals surface area contributed by atoms with Crippen LogP contribution < -0.4 is 4.90 Å². The second-order valence-electron chi connectivity index (χ2n) is 5.68. The van der Waals surface area contributed by atoms with E-state index in [9.17, 15) is 0 Å². The van der Waals surface area contributed by atoms with Gasteiger partial charge in [-0.25, -0.2) is 9.97 Å². The van der Waals surface area contributed by atoms with Gasteiger partial charge in [-0.05, 0) is 82.3 Å². The molecule has 2 rings (SSSR count). The molecule has 0 bridgehead atoms. The van der Waals surface area contributed by atoms with Crippen LogP contribution in [0.4, 0.5) is 11.6 Å². The molecule has 0 saturated heterocycles. The minimum atomic E-state index is 0.481. The molecule has 0 spiro atoms. The Kier molecular flexibility index (Phi) is 5.61. The van der Waals surface area contributed by atoms with Crippen LogP contribution in [0.5, 0.6) is 0 Å². The van der Waals surface area contributed by atoms with Crippen molar-refractivity contribution in [2.24, 2.45) is 0 Å². The van der Waals surface area contributed by atoms with E-state index in [1.54, 1.807) is 0 Å². The van der Waals surface area contributed by atoms with E-state index in [2.05, 4.69) is 79.6 Å². The van der Waals surface area contributed by atoms with Gasteiger partial charge in [0.25, 0.3) is 0 Å². The van der Waals surface area contributed by atoms with E-state index in [0.717, 1.165) is 38.5 Å². The number of nitrogens with zero attached hydrogens (tertiary/aromatic N) is 3. The Labute approximate surface area is 149 Å². The van der Waals surface area contributed by atoms with Gasteiger partial charge in [0.2, 0.25) is 5.95 Å². The SMILES string of the molecule is CCN(c1nc(C)cc(C)n1)c1c(Br)cc(C(C)C)cc1Br. The molecule has 0 fully saturated rings. The molecule has 0 saturated carbocycles. The van der Waals surface area contributed by atoms with Crippen molar-refractivity contribution in [1.29, 1.82) is 0 Å². The highest BCUT2D eigenvalue weighted by Gasteiger charge is 2.19. The van der Waals surface area contributed by atoms with Crippen LogP contribution in [0.1, 0.15) is 43.6 Å². The summed E-state index contributed by atoms with van der Waals surface area (Å²) >= 11 is 7.43. The zero-order chi connectivity index (χ0) is 16.4. The van der Waals surface area contributed by atoms with Gasteiger partial charge in [0.05, 0.1) is 5.69 Å². The molecule has 1 aromatic heterocycles. The summed E-state index contributed by atoms with van der Waals surface area (Å²) in [6.45, 7) is 11.3. The highest BCUT2D eigenvalue weighted by molar-refractivity contribution is 9.11. The molecule has 2 aromatic rings. The maximum atomic E-state index is 4.59. The number of rotatable bonds is 4. The largest absolute Gasteiger partial charge is 0.309 e. The Hall–Kier alpha value is -0.940. The van der Waals surface area contributed by atoms with Crippen LogP contribution in [0.25, 0.3) is 0 Å². The van der Waals surface area contributed by atoms with Crippen molar-refractivity contribution in [3.05, 3.63) is 44.1 Å². The second-order valence-corrected chi connectivity index (χ2v) is 7.39. The first kappa shape index (κ1) is 17.4. The number of hydrogen-bond donors (Lipinski definition) is 0. The van der Waals surface area contributed by atoms with E-state index in [4.69, 9.17) is 0 Å². The number of aromatic nitrogens is 2. The minimum absolute atomic E-state index is 0.481. The Morgan fingerprint density at radius 1 is 1.00 bits per heavy atom. The summed E-state index contributed by atoms with van der Waals surface area (Å²) in [7, 11) is 0. The molecule has 0 unspecified atom stereocenters. The highest BCUT2D eigenvalue weighted by atomic mass is 79.9. The third kappa shape index (κ3) is 3.69. The number of anilines is 2. The lowest BCUT2D eigenvalue weighted by Gasteiger charge is -2.25. The number of benzene rings is 1. The van der Waals surface area contributed by atoms with Crippen LogP contribution in [0.3, 0.4) is 0 Å². The molecule has 3 nitrogen and oxygen atoms in total. The predicted molar refractivity (Wildman–Crippen MR) is 100 cm³/mol. The molecule has 1 aromatic carbocycles. The van der Waals surface area contributed by atoms with Crippen LogP contribution in [0, 0.1) is 13.8 Å². The topological polar surface area (TPSA) is 29.0 Å². The molecule has 0 N–H and O–H groups in total. The summed E-state index contributed by atoms with van der Waals surface area (Å²) in [5, 5.41) is 0. The van der Waals surface area contributed by atoms with Crippen molar-refractivity contribution in [3.8, 4) is 0 Å². The van der Waals surface area contributed by atoms with Crippen molar-refractivity contribution in [1.82, 2.24) is 9.97 Å². The first-order valence-corrected chi connectivity index (χ1v) is 9.00. The first-order chi connectivity index (χ1) is 10.3. The number of halogens is 2. The van der Waals surface area contributed by atoms with Crippen molar-refractivity contribution in [3.63, 3.8) is 0 Å². The van der Waals surface area contributed by atoms with E-state index in [-0.39, 0.29) is 0 Å². The Bertz CT molecular complexity index is 640. The number of aryl methyl sites for hydroxylation is 2. The fourth-order valence-corrected chi connectivity index (χ4v) is 4.05. The van der Waals surface area contributed by atoms with Gasteiger partial charge >= 0.3 is 0 Å². The average molecular weight is 427 g/mol. The minimum Gasteiger partial charge on any atom is -0.309 e. The molecule has 0 aliphatic carbocycles. The second kappa shape index (κ2) is 7.09. The standard InChI is InChI=1S/C17H21Br2N3/c1-6-22(17-20-11(4)7-12(5)21-17)16-14(18)8-13(10(2)3)9-15(16)19/h7-10H,6H2,1-5H3. The van der Waals surface area contributed by atoms with Crippen LogP contribution >= 0.6 is 31.9 Å². The van der Waals surface area contributed by atoms with Gasteiger partial charge in [-0.1, -0.05) is 13.8 Å². The van der Waals surface area contributed by atoms with E-state index in [1.807, 2.05) is 19.9 Å². The monoisotopic (exact) mass is 425 g/mol. The first-order valence-electron chi connectivity index (χ1n) is 7.42. The molecule has 22 heavy (non-hydrogen) atoms. The number of hydrogen-bond acceptors (Lipinski definition) is 3. The van der Waals surface area contributed by atoms with E-state index in [1.165, 1.54) is 5.56 Å². The van der Waals surface area contributed by atoms with Crippen LogP contribution in [0.2, 0.25) is 0 Å². The molecule has 0 aliphatic heterocycles. The molecule has 0 atom stereocenters. The Balaban J connectivity index is 2.56. The van der Waals surface area contributed by atoms with Gasteiger partial charge in [0, 0.05) is 26.9 Å². The summed E-state index contributed by atoms with van der Waals surface area (Å²) in [6.07, 6.45) is 0. The van der Waals surface area contributed by atoms with Gasteiger partial charge in [0.1, 0.15) is 0 Å². The van der Waals surface area contributed by atoms with Crippen LogP contribution in [0.15, 0.2) is 27.1 Å². The predicted octanol–water partition coefficient (Wildman–Crippen LogP) is 5.90. The van der Waals surface area contributed by atoms with E-state index in [0.29, 0.717) is 5.92 Å². The molecular weight excluding hydrogens is 406 g/mol. The van der Waals surface area contributed by atoms with Crippen LogP contribution in [-0.2, 0) is 0 Å². The normalized spacial score (nSPS) is 11.1. The molecule has 0 aliphatic rings. The summed E-state index contributed by atoms with van der Waals surface area (Å²) in [6, 6.07) is 6.34. The molecule has 0 amide bonds. The molecule has 1 heterocycles. The van der Waals surface area contributed by atoms with Gasteiger partial charge in [-0.2, -0.15) is 0 Å². The average Bonchev–Trinajstić information content (AvgIpc) is 2.41. The van der Waals surface area contributed by atoms with Gasteiger partial charge < -0.3 is 4.90 Å². The fraction of sp³-hybridized carbons (Fsp3) is 0.412. The lowest BCUT2D eigenvalue weighted by molar-refractivity contribution is 0.861. The third-order valence-electron chi connectivity index (χ3n) is 3.50. The van der Waals surface area contributed by atoms with Crippen molar-refractivity contribution >= 4 is 43.5 Å². The van der Waals surface area contributed by atoms with Crippen molar-refractivity contribution in [2.75, 3.05) is 11.4 Å². The molecule has 5 heteroatoms. The highest BCUT2D eigenvalue weighted by Crippen LogP contribution is 2.39. The fourth-order valence-electron chi connectivity index (χ4n) is 2.40. The van der Waals surface area contributed by atoms with Gasteiger partial charge in [-0.15, -0.1) is 0 Å². The lowest BCUT2D eigenvalue weighted by atomic mass is 10.0. The zero-order valence-corrected chi connectivity index (χ0v) is 16.8. The summed E-state index contributed by atoms with van der Waals surface area (Å²) in [5.74, 6) is 1.22. The summed E-state index contributed by atoms with van der Waals surface area (Å²) in [5.41, 5.74) is 4.32. The summed E-state index contributed by atoms with van der Waals surface area (Å²) in [4.78, 5) is 11.3. The van der Waals surface area contributed by atoms with Crippen LogP contribution in [-0.4, -0.2) is 16.5 Å². The van der Waals surface area contributed by atoms with Crippen molar-refractivity contribution < 1.29 is 0 Å². The van der Waals surface area contributed by atoms with E-state index < -0.39 is 0 Å².